The summed E-state index contributed by atoms with van der Waals surface area (Å²) in [6.45, 7) is 3.13. The molecule has 5 nitrogen and oxygen atoms in total. The lowest BCUT2D eigenvalue weighted by molar-refractivity contribution is 0.252. The average molecular weight is 240 g/mol. The molecule has 1 fully saturated rings. The van der Waals surface area contributed by atoms with Gasteiger partial charge >= 0.3 is 0 Å². The largest absolute Gasteiger partial charge is 0.500 e. The van der Waals surface area contributed by atoms with Crippen molar-refractivity contribution in [2.75, 3.05) is 23.9 Å². The molecule has 0 aromatic heterocycles. The molecule has 0 radical (unpaired) electrons. The zero-order valence-electron chi connectivity index (χ0n) is 7.55. The molecule has 0 aromatic rings. The van der Waals surface area contributed by atoms with Gasteiger partial charge in [-0.05, 0) is 0 Å². The summed E-state index contributed by atoms with van der Waals surface area (Å²) >= 11 is 0. The number of hydrogen-bond acceptors (Lipinski definition) is 5. The van der Waals surface area contributed by atoms with Crippen LogP contribution in [-0.4, -0.2) is 46.0 Å². The third kappa shape index (κ3) is 2.71. The van der Waals surface area contributed by atoms with E-state index in [0.717, 1.165) is 6.26 Å². The summed E-state index contributed by atoms with van der Waals surface area (Å²) in [5, 5.41) is -0.945. The van der Waals surface area contributed by atoms with E-state index in [1.807, 2.05) is 0 Å². The summed E-state index contributed by atoms with van der Waals surface area (Å²) in [5.41, 5.74) is 0. The quantitative estimate of drug-likeness (QED) is 0.613. The van der Waals surface area contributed by atoms with E-state index in [1.54, 1.807) is 0 Å². The third-order valence-electron chi connectivity index (χ3n) is 2.03. The first-order chi connectivity index (χ1) is 6.37. The molecule has 0 N–H and O–H groups in total. The van der Waals surface area contributed by atoms with Gasteiger partial charge < -0.3 is 4.74 Å². The standard InChI is InChI=1S/C7H12O5S2/c1-2-12-5-7-6-13(8,9)3-4-14(7,10)11/h2,7H,1,3-6H2. The number of rotatable bonds is 3. The van der Waals surface area contributed by atoms with E-state index in [2.05, 4.69) is 6.58 Å². The van der Waals surface area contributed by atoms with E-state index in [1.165, 1.54) is 0 Å². The molecule has 1 rings (SSSR count). The van der Waals surface area contributed by atoms with E-state index >= 15 is 0 Å². The van der Waals surface area contributed by atoms with Crippen LogP contribution in [0, 0.1) is 0 Å². The highest BCUT2D eigenvalue weighted by molar-refractivity contribution is 7.98. The SMILES string of the molecule is C=COCC1CS(=O)(=O)CCS1(=O)=O. The van der Waals surface area contributed by atoms with Crippen molar-refractivity contribution in [2.45, 2.75) is 5.25 Å². The molecule has 82 valence electrons. The minimum absolute atomic E-state index is 0.134. The Morgan fingerprint density at radius 3 is 2.50 bits per heavy atom. The van der Waals surface area contributed by atoms with Crippen molar-refractivity contribution in [3.8, 4) is 0 Å². The Kier molecular flexibility index (Phi) is 3.20. The number of ether oxygens (including phenoxy) is 1. The number of sulfone groups is 2. The van der Waals surface area contributed by atoms with Crippen LogP contribution in [0.2, 0.25) is 0 Å². The predicted molar refractivity (Wildman–Crippen MR) is 52.4 cm³/mol. The van der Waals surface area contributed by atoms with Crippen LogP contribution >= 0.6 is 0 Å². The van der Waals surface area contributed by atoms with E-state index in [0.29, 0.717) is 0 Å². The lowest BCUT2D eigenvalue weighted by Gasteiger charge is -2.21. The molecule has 1 heterocycles. The molecule has 1 atom stereocenters. The Morgan fingerprint density at radius 1 is 1.29 bits per heavy atom. The van der Waals surface area contributed by atoms with Crippen molar-refractivity contribution in [1.29, 1.82) is 0 Å². The predicted octanol–water partition coefficient (Wildman–Crippen LogP) is -0.642. The van der Waals surface area contributed by atoms with Crippen molar-refractivity contribution in [3.63, 3.8) is 0 Å². The fraction of sp³-hybridized carbons (Fsp3) is 0.714. The first-order valence-electron chi connectivity index (χ1n) is 4.02. The van der Waals surface area contributed by atoms with Crippen LogP contribution in [0.3, 0.4) is 0 Å². The maximum atomic E-state index is 11.4. The average Bonchev–Trinajstić information content (AvgIpc) is 2.07. The molecule has 0 aromatic carbocycles. The lowest BCUT2D eigenvalue weighted by atomic mass is 10.5. The third-order valence-corrected chi connectivity index (χ3v) is 6.32. The molecular weight excluding hydrogens is 228 g/mol. The molecule has 7 heteroatoms. The van der Waals surface area contributed by atoms with Gasteiger partial charge in [0.05, 0.1) is 23.5 Å². The van der Waals surface area contributed by atoms with Gasteiger partial charge in [0, 0.05) is 0 Å². The fourth-order valence-corrected chi connectivity index (χ4v) is 6.05. The molecule has 14 heavy (non-hydrogen) atoms. The van der Waals surface area contributed by atoms with Crippen molar-refractivity contribution in [3.05, 3.63) is 12.8 Å². The summed E-state index contributed by atoms with van der Waals surface area (Å²) in [4.78, 5) is 0. The normalized spacial score (nSPS) is 29.3. The van der Waals surface area contributed by atoms with Gasteiger partial charge in [-0.3, -0.25) is 0 Å². The molecule has 1 aliphatic rings. The Morgan fingerprint density at radius 2 is 1.93 bits per heavy atom. The van der Waals surface area contributed by atoms with Crippen LogP contribution in [0.5, 0.6) is 0 Å². The Balaban J connectivity index is 2.82. The first kappa shape index (κ1) is 11.5. The van der Waals surface area contributed by atoms with Crippen LogP contribution in [0.15, 0.2) is 12.8 Å². The molecule has 0 spiro atoms. The number of hydrogen-bond donors (Lipinski definition) is 0. The van der Waals surface area contributed by atoms with E-state index < -0.39 is 24.9 Å². The molecular formula is C7H12O5S2. The highest BCUT2D eigenvalue weighted by Gasteiger charge is 2.36. The van der Waals surface area contributed by atoms with E-state index in [9.17, 15) is 16.8 Å². The minimum Gasteiger partial charge on any atom is -0.500 e. The van der Waals surface area contributed by atoms with Gasteiger partial charge in [-0.1, -0.05) is 6.58 Å². The van der Waals surface area contributed by atoms with Crippen LogP contribution < -0.4 is 0 Å². The molecule has 1 aliphatic heterocycles. The minimum atomic E-state index is -3.32. The zero-order valence-corrected chi connectivity index (χ0v) is 9.18. The Hall–Kier alpha value is -0.560. The van der Waals surface area contributed by atoms with Crippen LogP contribution in [0.25, 0.3) is 0 Å². The van der Waals surface area contributed by atoms with E-state index in [-0.39, 0.29) is 23.9 Å². The molecule has 0 saturated carbocycles. The van der Waals surface area contributed by atoms with Gasteiger partial charge in [-0.2, -0.15) is 0 Å². The molecule has 1 unspecified atom stereocenters. The molecule has 0 amide bonds. The first-order valence-corrected chi connectivity index (χ1v) is 7.55. The van der Waals surface area contributed by atoms with Crippen LogP contribution in [0.1, 0.15) is 0 Å². The second-order valence-electron chi connectivity index (χ2n) is 3.10. The zero-order chi connectivity index (χ0) is 10.8. The van der Waals surface area contributed by atoms with Crippen molar-refractivity contribution >= 4 is 19.7 Å². The van der Waals surface area contributed by atoms with Gasteiger partial charge in [0.25, 0.3) is 0 Å². The maximum Gasteiger partial charge on any atom is 0.158 e. The smallest absolute Gasteiger partial charge is 0.158 e. The fourth-order valence-electron chi connectivity index (χ4n) is 1.21. The van der Waals surface area contributed by atoms with E-state index in [4.69, 9.17) is 4.74 Å². The van der Waals surface area contributed by atoms with Crippen molar-refractivity contribution in [2.24, 2.45) is 0 Å². The van der Waals surface area contributed by atoms with Gasteiger partial charge in [-0.15, -0.1) is 0 Å². The van der Waals surface area contributed by atoms with Gasteiger partial charge in [-0.25, -0.2) is 16.8 Å². The second-order valence-corrected chi connectivity index (χ2v) is 7.73. The molecule has 1 saturated heterocycles. The van der Waals surface area contributed by atoms with Gasteiger partial charge in [0.1, 0.15) is 11.9 Å². The molecule has 0 bridgehead atoms. The monoisotopic (exact) mass is 240 g/mol. The van der Waals surface area contributed by atoms with Crippen LogP contribution in [-0.2, 0) is 24.4 Å². The summed E-state index contributed by atoms with van der Waals surface area (Å²) in [6, 6.07) is 0. The molecule has 0 aliphatic carbocycles. The lowest BCUT2D eigenvalue weighted by Crippen LogP contribution is -2.42. The maximum absolute atomic E-state index is 11.4. The van der Waals surface area contributed by atoms with Crippen LogP contribution in [0.4, 0.5) is 0 Å². The summed E-state index contributed by atoms with van der Waals surface area (Å²) < 4.78 is 49.8. The summed E-state index contributed by atoms with van der Waals surface area (Å²) in [5.74, 6) is -0.927. The highest BCUT2D eigenvalue weighted by atomic mass is 32.2. The van der Waals surface area contributed by atoms with Crippen molar-refractivity contribution in [1.82, 2.24) is 0 Å². The van der Waals surface area contributed by atoms with Gasteiger partial charge in [0.15, 0.2) is 19.7 Å². The Labute approximate surface area is 83.6 Å². The summed E-state index contributed by atoms with van der Waals surface area (Å²) in [6.07, 6.45) is 1.11. The van der Waals surface area contributed by atoms with Gasteiger partial charge in [0.2, 0.25) is 0 Å². The highest BCUT2D eigenvalue weighted by Crippen LogP contribution is 2.14. The Bertz CT molecular complexity index is 405. The summed E-state index contributed by atoms with van der Waals surface area (Å²) in [7, 11) is -6.55. The van der Waals surface area contributed by atoms with Crippen molar-refractivity contribution < 1.29 is 21.6 Å². The second kappa shape index (κ2) is 3.90. The topological polar surface area (TPSA) is 77.5 Å².